The standard InChI is InChI=1S/C13H11N5S/c1-8-4-5-15-13(18-8)19-12-10-6-9(14)2-3-11(10)16-7-17-12/h2-7H,14H2,1H3. The number of nitrogens with two attached hydrogens (primary N) is 1. The first-order valence-electron chi connectivity index (χ1n) is 5.70. The molecule has 0 saturated carbocycles. The van der Waals surface area contributed by atoms with Gasteiger partial charge in [0, 0.05) is 23.0 Å². The topological polar surface area (TPSA) is 77.6 Å². The molecule has 2 N–H and O–H groups in total. The lowest BCUT2D eigenvalue weighted by Crippen LogP contribution is -1.92. The van der Waals surface area contributed by atoms with Gasteiger partial charge in [-0.05, 0) is 43.0 Å². The summed E-state index contributed by atoms with van der Waals surface area (Å²) in [6.07, 6.45) is 3.28. The molecule has 0 radical (unpaired) electrons. The van der Waals surface area contributed by atoms with E-state index >= 15 is 0 Å². The minimum absolute atomic E-state index is 0.669. The van der Waals surface area contributed by atoms with Gasteiger partial charge in [-0.1, -0.05) is 0 Å². The molecule has 0 fully saturated rings. The smallest absolute Gasteiger partial charge is 0.194 e. The van der Waals surface area contributed by atoms with Crippen LogP contribution in [0.2, 0.25) is 0 Å². The molecule has 0 aliphatic carbocycles. The number of fused-ring (bicyclic) bond motifs is 1. The van der Waals surface area contributed by atoms with Gasteiger partial charge in [0.25, 0.3) is 0 Å². The molecule has 0 bridgehead atoms. The Morgan fingerprint density at radius 1 is 1.11 bits per heavy atom. The van der Waals surface area contributed by atoms with Gasteiger partial charge in [-0.3, -0.25) is 0 Å². The fraction of sp³-hybridized carbons (Fsp3) is 0.0769. The zero-order valence-corrected chi connectivity index (χ0v) is 11.1. The second-order valence-corrected chi connectivity index (χ2v) is 4.99. The van der Waals surface area contributed by atoms with Crippen molar-refractivity contribution in [3.05, 3.63) is 42.5 Å². The minimum atomic E-state index is 0.669. The Morgan fingerprint density at radius 2 is 2.00 bits per heavy atom. The zero-order valence-electron chi connectivity index (χ0n) is 10.2. The van der Waals surface area contributed by atoms with Crippen molar-refractivity contribution >= 4 is 28.4 Å². The maximum absolute atomic E-state index is 5.81. The third kappa shape index (κ3) is 2.48. The number of nitrogen functional groups attached to an aromatic ring is 1. The highest BCUT2D eigenvalue weighted by atomic mass is 32.2. The Morgan fingerprint density at radius 3 is 2.84 bits per heavy atom. The first kappa shape index (κ1) is 11.9. The zero-order chi connectivity index (χ0) is 13.2. The molecule has 6 heteroatoms. The number of anilines is 1. The average molecular weight is 269 g/mol. The van der Waals surface area contributed by atoms with Gasteiger partial charge in [0.15, 0.2) is 5.16 Å². The molecule has 0 aliphatic heterocycles. The van der Waals surface area contributed by atoms with Gasteiger partial charge in [-0.25, -0.2) is 19.9 Å². The van der Waals surface area contributed by atoms with Crippen LogP contribution in [0.15, 0.2) is 47.0 Å². The largest absolute Gasteiger partial charge is 0.399 e. The summed E-state index contributed by atoms with van der Waals surface area (Å²) in [5.74, 6) is 0. The van der Waals surface area contributed by atoms with Gasteiger partial charge in [0.05, 0.1) is 5.52 Å². The summed E-state index contributed by atoms with van der Waals surface area (Å²) in [6.45, 7) is 1.93. The molecule has 3 rings (SSSR count). The second-order valence-electron chi connectivity index (χ2n) is 4.04. The van der Waals surface area contributed by atoms with Crippen molar-refractivity contribution in [2.24, 2.45) is 0 Å². The number of aromatic nitrogens is 4. The molecule has 0 atom stereocenters. The predicted octanol–water partition coefficient (Wildman–Crippen LogP) is 2.46. The van der Waals surface area contributed by atoms with Crippen LogP contribution in [0.5, 0.6) is 0 Å². The highest BCUT2D eigenvalue weighted by Gasteiger charge is 2.08. The summed E-state index contributed by atoms with van der Waals surface area (Å²) >= 11 is 1.41. The van der Waals surface area contributed by atoms with Gasteiger partial charge in [-0.15, -0.1) is 0 Å². The van der Waals surface area contributed by atoms with Gasteiger partial charge < -0.3 is 5.73 Å². The summed E-state index contributed by atoms with van der Waals surface area (Å²) in [5.41, 5.74) is 8.29. The van der Waals surface area contributed by atoms with E-state index in [1.807, 2.05) is 31.2 Å². The Balaban J connectivity index is 2.07. The van der Waals surface area contributed by atoms with E-state index in [4.69, 9.17) is 5.73 Å². The summed E-state index contributed by atoms with van der Waals surface area (Å²) in [7, 11) is 0. The molecule has 0 unspecified atom stereocenters. The SMILES string of the molecule is Cc1ccnc(Sc2ncnc3ccc(N)cc23)n1. The number of rotatable bonds is 2. The monoisotopic (exact) mass is 269 g/mol. The quantitative estimate of drug-likeness (QED) is 0.437. The number of hydrogen-bond acceptors (Lipinski definition) is 6. The first-order chi connectivity index (χ1) is 9.22. The molecule has 0 aliphatic rings. The highest BCUT2D eigenvalue weighted by molar-refractivity contribution is 7.99. The first-order valence-corrected chi connectivity index (χ1v) is 6.52. The molecule has 2 heterocycles. The highest BCUT2D eigenvalue weighted by Crippen LogP contribution is 2.29. The van der Waals surface area contributed by atoms with E-state index in [-0.39, 0.29) is 0 Å². The van der Waals surface area contributed by atoms with Crippen LogP contribution in [0, 0.1) is 6.92 Å². The van der Waals surface area contributed by atoms with E-state index in [0.717, 1.165) is 21.6 Å². The summed E-state index contributed by atoms with van der Waals surface area (Å²) in [5, 5.41) is 2.39. The van der Waals surface area contributed by atoms with Crippen molar-refractivity contribution in [3.63, 3.8) is 0 Å². The molecule has 0 spiro atoms. The van der Waals surface area contributed by atoms with Crippen molar-refractivity contribution in [3.8, 4) is 0 Å². The van der Waals surface area contributed by atoms with Crippen LogP contribution >= 0.6 is 11.8 Å². The third-order valence-corrected chi connectivity index (χ3v) is 3.48. The van der Waals surface area contributed by atoms with Crippen LogP contribution in [0.25, 0.3) is 10.9 Å². The summed E-state index contributed by atoms with van der Waals surface area (Å²) < 4.78 is 0. The van der Waals surface area contributed by atoms with Crippen molar-refractivity contribution in [2.45, 2.75) is 17.1 Å². The minimum Gasteiger partial charge on any atom is -0.399 e. The molecule has 0 amide bonds. The van der Waals surface area contributed by atoms with Crippen LogP contribution < -0.4 is 5.73 Å². The van der Waals surface area contributed by atoms with Gasteiger partial charge in [0.1, 0.15) is 11.4 Å². The van der Waals surface area contributed by atoms with Crippen LogP contribution in [0.3, 0.4) is 0 Å². The Hall–Kier alpha value is -2.21. The van der Waals surface area contributed by atoms with E-state index in [1.54, 1.807) is 6.20 Å². The fourth-order valence-corrected chi connectivity index (χ4v) is 2.54. The normalized spacial score (nSPS) is 10.8. The number of hydrogen-bond donors (Lipinski definition) is 1. The lowest BCUT2D eigenvalue weighted by molar-refractivity contribution is 0.928. The van der Waals surface area contributed by atoms with E-state index in [0.29, 0.717) is 10.8 Å². The molecule has 3 aromatic rings. The number of aryl methyl sites for hydroxylation is 1. The van der Waals surface area contributed by atoms with Crippen molar-refractivity contribution in [1.29, 1.82) is 0 Å². The molecule has 0 saturated heterocycles. The Bertz CT molecular complexity index is 744. The number of benzene rings is 1. The van der Waals surface area contributed by atoms with Crippen LogP contribution in [-0.2, 0) is 0 Å². The van der Waals surface area contributed by atoms with E-state index in [2.05, 4.69) is 19.9 Å². The maximum atomic E-state index is 5.81. The molecule has 5 nitrogen and oxygen atoms in total. The molecule has 1 aromatic carbocycles. The van der Waals surface area contributed by atoms with E-state index in [1.165, 1.54) is 18.1 Å². The van der Waals surface area contributed by atoms with Crippen molar-refractivity contribution < 1.29 is 0 Å². The lowest BCUT2D eigenvalue weighted by atomic mass is 10.2. The Labute approximate surface area is 114 Å². The predicted molar refractivity (Wildman–Crippen MR) is 74.8 cm³/mol. The van der Waals surface area contributed by atoms with Crippen molar-refractivity contribution in [1.82, 2.24) is 19.9 Å². The second kappa shape index (κ2) is 4.81. The van der Waals surface area contributed by atoms with Gasteiger partial charge in [0.2, 0.25) is 0 Å². The summed E-state index contributed by atoms with van der Waals surface area (Å²) in [6, 6.07) is 7.44. The Kier molecular flexibility index (Phi) is 3.00. The van der Waals surface area contributed by atoms with Crippen molar-refractivity contribution in [2.75, 3.05) is 5.73 Å². The average Bonchev–Trinajstić information content (AvgIpc) is 2.39. The molecule has 2 aromatic heterocycles. The van der Waals surface area contributed by atoms with Crippen LogP contribution in [0.1, 0.15) is 5.69 Å². The fourth-order valence-electron chi connectivity index (χ4n) is 1.69. The van der Waals surface area contributed by atoms with Gasteiger partial charge in [-0.2, -0.15) is 0 Å². The lowest BCUT2D eigenvalue weighted by Gasteiger charge is -2.04. The number of nitrogens with zero attached hydrogens (tertiary/aromatic N) is 4. The van der Waals surface area contributed by atoms with Crippen LogP contribution in [-0.4, -0.2) is 19.9 Å². The molecule has 19 heavy (non-hydrogen) atoms. The molecular weight excluding hydrogens is 258 g/mol. The van der Waals surface area contributed by atoms with Gasteiger partial charge >= 0.3 is 0 Å². The molecular formula is C13H11N5S. The van der Waals surface area contributed by atoms with E-state index < -0.39 is 0 Å². The van der Waals surface area contributed by atoms with Crippen LogP contribution in [0.4, 0.5) is 5.69 Å². The third-order valence-electron chi connectivity index (χ3n) is 2.58. The van der Waals surface area contributed by atoms with E-state index in [9.17, 15) is 0 Å². The molecule has 94 valence electrons. The summed E-state index contributed by atoms with van der Waals surface area (Å²) in [4.78, 5) is 17.1. The maximum Gasteiger partial charge on any atom is 0.194 e.